The van der Waals surface area contributed by atoms with E-state index in [9.17, 15) is 4.79 Å². The van der Waals surface area contributed by atoms with Crippen LogP contribution in [0.5, 0.6) is 0 Å². The molecule has 1 saturated heterocycles. The summed E-state index contributed by atoms with van der Waals surface area (Å²) < 4.78 is 0. The molecule has 0 radical (unpaired) electrons. The average molecular weight is 267 g/mol. The van der Waals surface area contributed by atoms with Crippen LogP contribution in [0, 0.1) is 0 Å². The number of nitrogens with one attached hydrogen (secondary N) is 1. The number of nitrogens with two attached hydrogens (primary N) is 1. The molecule has 2 fully saturated rings. The molecule has 3 N–H and O–H groups in total. The highest BCUT2D eigenvalue weighted by Crippen LogP contribution is 2.17. The van der Waals surface area contributed by atoms with E-state index in [4.69, 9.17) is 5.73 Å². The Kier molecular flexibility index (Phi) is 6.11. The van der Waals surface area contributed by atoms with Crippen molar-refractivity contribution in [3.8, 4) is 0 Å². The summed E-state index contributed by atoms with van der Waals surface area (Å²) in [6.45, 7) is 2.69. The molecule has 2 rings (SSSR count). The molecule has 110 valence electrons. The SMILES string of the molecule is NC(CCNC1CCCCC1)C(=O)N1CCCCC1. The second kappa shape index (κ2) is 7.85. The Labute approximate surface area is 117 Å². The first kappa shape index (κ1) is 14.8. The smallest absolute Gasteiger partial charge is 0.239 e. The van der Waals surface area contributed by atoms with Crippen LogP contribution in [-0.4, -0.2) is 42.5 Å². The van der Waals surface area contributed by atoms with Gasteiger partial charge in [0.1, 0.15) is 0 Å². The van der Waals surface area contributed by atoms with Gasteiger partial charge in [-0.3, -0.25) is 4.79 Å². The summed E-state index contributed by atoms with van der Waals surface area (Å²) in [5.41, 5.74) is 6.03. The van der Waals surface area contributed by atoms with Crippen LogP contribution in [0.1, 0.15) is 57.8 Å². The van der Waals surface area contributed by atoms with E-state index in [1.54, 1.807) is 0 Å². The molecule has 1 aliphatic carbocycles. The van der Waals surface area contributed by atoms with Crippen LogP contribution in [0.25, 0.3) is 0 Å². The first-order valence-electron chi connectivity index (χ1n) is 8.05. The standard InChI is InChI=1S/C15H29N3O/c16-14(15(19)18-11-5-2-6-12-18)9-10-17-13-7-3-1-4-8-13/h13-14,17H,1-12,16H2. The normalized spacial score (nSPS) is 23.3. The van der Waals surface area contributed by atoms with Crippen molar-refractivity contribution in [2.45, 2.75) is 69.9 Å². The Morgan fingerprint density at radius 2 is 1.74 bits per heavy atom. The number of hydrogen-bond acceptors (Lipinski definition) is 3. The molecule has 2 aliphatic rings. The zero-order valence-corrected chi connectivity index (χ0v) is 12.1. The first-order chi connectivity index (χ1) is 9.27. The molecule has 0 aromatic rings. The summed E-state index contributed by atoms with van der Waals surface area (Å²) in [5.74, 6) is 0.158. The van der Waals surface area contributed by atoms with Crippen molar-refractivity contribution in [1.82, 2.24) is 10.2 Å². The summed E-state index contributed by atoms with van der Waals surface area (Å²) in [7, 11) is 0. The third-order valence-corrected chi connectivity index (χ3v) is 4.48. The lowest BCUT2D eigenvalue weighted by molar-refractivity contribution is -0.133. The van der Waals surface area contributed by atoms with E-state index in [2.05, 4.69) is 5.32 Å². The zero-order valence-electron chi connectivity index (χ0n) is 12.1. The summed E-state index contributed by atoms with van der Waals surface area (Å²) in [5, 5.41) is 3.56. The van der Waals surface area contributed by atoms with E-state index in [1.165, 1.54) is 38.5 Å². The largest absolute Gasteiger partial charge is 0.341 e. The van der Waals surface area contributed by atoms with E-state index in [0.717, 1.165) is 38.9 Å². The van der Waals surface area contributed by atoms with E-state index in [1.807, 2.05) is 4.90 Å². The highest BCUT2D eigenvalue weighted by Gasteiger charge is 2.22. The predicted octanol–water partition coefficient (Wildman–Crippen LogP) is 1.64. The van der Waals surface area contributed by atoms with Crippen LogP contribution in [0.3, 0.4) is 0 Å². The Balaban J connectivity index is 1.62. The molecule has 19 heavy (non-hydrogen) atoms. The molecular formula is C15H29N3O. The number of carbonyl (C=O) groups excluding carboxylic acids is 1. The van der Waals surface area contributed by atoms with Gasteiger partial charge in [0.25, 0.3) is 0 Å². The predicted molar refractivity (Wildman–Crippen MR) is 77.9 cm³/mol. The minimum Gasteiger partial charge on any atom is -0.341 e. The first-order valence-corrected chi connectivity index (χ1v) is 8.05. The third kappa shape index (κ3) is 4.77. The molecule has 1 heterocycles. The van der Waals surface area contributed by atoms with Gasteiger partial charge in [-0.05, 0) is 45.1 Å². The van der Waals surface area contributed by atoms with E-state index >= 15 is 0 Å². The average Bonchev–Trinajstić information content (AvgIpc) is 2.48. The van der Waals surface area contributed by atoms with Crippen LogP contribution in [0.2, 0.25) is 0 Å². The van der Waals surface area contributed by atoms with Gasteiger partial charge >= 0.3 is 0 Å². The van der Waals surface area contributed by atoms with Crippen molar-refractivity contribution in [2.75, 3.05) is 19.6 Å². The van der Waals surface area contributed by atoms with Crippen LogP contribution in [0.15, 0.2) is 0 Å². The molecule has 0 aromatic heterocycles. The lowest BCUT2D eigenvalue weighted by Crippen LogP contribution is -2.47. The monoisotopic (exact) mass is 267 g/mol. The van der Waals surface area contributed by atoms with Gasteiger partial charge in [0, 0.05) is 19.1 Å². The topological polar surface area (TPSA) is 58.4 Å². The highest BCUT2D eigenvalue weighted by molar-refractivity contribution is 5.81. The quantitative estimate of drug-likeness (QED) is 0.796. The van der Waals surface area contributed by atoms with Gasteiger partial charge in [-0.15, -0.1) is 0 Å². The Morgan fingerprint density at radius 1 is 1.11 bits per heavy atom. The van der Waals surface area contributed by atoms with E-state index < -0.39 is 0 Å². The van der Waals surface area contributed by atoms with Gasteiger partial charge < -0.3 is 16.0 Å². The number of piperidine rings is 1. The maximum Gasteiger partial charge on any atom is 0.239 e. The second-order valence-corrected chi connectivity index (χ2v) is 6.07. The van der Waals surface area contributed by atoms with Gasteiger partial charge in [0.15, 0.2) is 0 Å². The fraction of sp³-hybridized carbons (Fsp3) is 0.933. The summed E-state index contributed by atoms with van der Waals surface area (Å²) in [6, 6.07) is 0.347. The maximum atomic E-state index is 12.2. The van der Waals surface area contributed by atoms with Crippen molar-refractivity contribution < 1.29 is 4.79 Å². The fourth-order valence-electron chi connectivity index (χ4n) is 3.22. The number of amides is 1. The van der Waals surface area contributed by atoms with Crippen LogP contribution in [0.4, 0.5) is 0 Å². The van der Waals surface area contributed by atoms with Crippen molar-refractivity contribution in [1.29, 1.82) is 0 Å². The Hall–Kier alpha value is -0.610. The van der Waals surface area contributed by atoms with Gasteiger partial charge in [-0.25, -0.2) is 0 Å². The second-order valence-electron chi connectivity index (χ2n) is 6.07. The summed E-state index contributed by atoms with van der Waals surface area (Å²) in [6.07, 6.45) is 10.9. The zero-order chi connectivity index (χ0) is 13.5. The number of likely N-dealkylation sites (tertiary alicyclic amines) is 1. The molecule has 4 heteroatoms. The molecule has 0 bridgehead atoms. The molecule has 1 aliphatic heterocycles. The molecule has 1 saturated carbocycles. The Morgan fingerprint density at radius 3 is 2.42 bits per heavy atom. The van der Waals surface area contributed by atoms with Gasteiger partial charge in [0.2, 0.25) is 5.91 Å². The molecule has 1 unspecified atom stereocenters. The molecule has 0 spiro atoms. The number of carbonyl (C=O) groups is 1. The van der Waals surface area contributed by atoms with Crippen LogP contribution >= 0.6 is 0 Å². The minimum absolute atomic E-state index is 0.158. The maximum absolute atomic E-state index is 12.2. The van der Waals surface area contributed by atoms with Gasteiger partial charge in [0.05, 0.1) is 6.04 Å². The van der Waals surface area contributed by atoms with Crippen molar-refractivity contribution in [3.63, 3.8) is 0 Å². The minimum atomic E-state index is -0.311. The molecule has 4 nitrogen and oxygen atoms in total. The lowest BCUT2D eigenvalue weighted by Gasteiger charge is -2.29. The van der Waals surface area contributed by atoms with Crippen molar-refractivity contribution >= 4 is 5.91 Å². The highest BCUT2D eigenvalue weighted by atomic mass is 16.2. The fourth-order valence-corrected chi connectivity index (χ4v) is 3.22. The summed E-state index contributed by atoms with van der Waals surface area (Å²) in [4.78, 5) is 14.1. The van der Waals surface area contributed by atoms with Crippen molar-refractivity contribution in [3.05, 3.63) is 0 Å². The van der Waals surface area contributed by atoms with Gasteiger partial charge in [-0.2, -0.15) is 0 Å². The number of hydrogen-bond donors (Lipinski definition) is 2. The molecule has 1 atom stereocenters. The van der Waals surface area contributed by atoms with Crippen molar-refractivity contribution in [2.24, 2.45) is 5.73 Å². The number of rotatable bonds is 5. The molecular weight excluding hydrogens is 238 g/mol. The van der Waals surface area contributed by atoms with E-state index in [-0.39, 0.29) is 11.9 Å². The molecule has 0 aromatic carbocycles. The Bertz CT molecular complexity index is 271. The lowest BCUT2D eigenvalue weighted by atomic mass is 9.95. The van der Waals surface area contributed by atoms with E-state index in [0.29, 0.717) is 6.04 Å². The van der Waals surface area contributed by atoms with Crippen LogP contribution < -0.4 is 11.1 Å². The van der Waals surface area contributed by atoms with Gasteiger partial charge in [-0.1, -0.05) is 19.3 Å². The number of nitrogens with zero attached hydrogens (tertiary/aromatic N) is 1. The summed E-state index contributed by atoms with van der Waals surface area (Å²) >= 11 is 0. The van der Waals surface area contributed by atoms with Crippen LogP contribution in [-0.2, 0) is 4.79 Å². The molecule has 1 amide bonds. The third-order valence-electron chi connectivity index (χ3n) is 4.48.